The summed E-state index contributed by atoms with van der Waals surface area (Å²) in [6.45, 7) is 6.56. The average molecular weight is 236 g/mol. The molecule has 96 valence electrons. The van der Waals surface area contributed by atoms with Crippen molar-refractivity contribution < 1.29 is 9.84 Å². The van der Waals surface area contributed by atoms with Crippen molar-refractivity contribution in [3.05, 3.63) is 23.8 Å². The van der Waals surface area contributed by atoms with Gasteiger partial charge in [0.15, 0.2) is 0 Å². The molecule has 0 aliphatic carbocycles. The van der Waals surface area contributed by atoms with E-state index >= 15 is 0 Å². The summed E-state index contributed by atoms with van der Waals surface area (Å²) in [6.07, 6.45) is 4.75. The number of unbranched alkanes of at least 4 members (excludes halogenated alkanes) is 2. The Morgan fingerprint density at radius 2 is 1.94 bits per heavy atom. The summed E-state index contributed by atoms with van der Waals surface area (Å²) in [5.74, 6) is 1.17. The first kappa shape index (κ1) is 13.9. The van der Waals surface area contributed by atoms with Gasteiger partial charge in [0.1, 0.15) is 11.5 Å². The molecule has 0 aliphatic rings. The van der Waals surface area contributed by atoms with Crippen LogP contribution >= 0.6 is 0 Å². The van der Waals surface area contributed by atoms with E-state index in [9.17, 15) is 5.11 Å². The lowest BCUT2D eigenvalue weighted by Gasteiger charge is -2.26. The molecule has 0 aliphatic heterocycles. The Morgan fingerprint density at radius 1 is 1.24 bits per heavy atom. The van der Waals surface area contributed by atoms with Crippen LogP contribution in [0.25, 0.3) is 0 Å². The highest BCUT2D eigenvalue weighted by molar-refractivity contribution is 5.43. The fourth-order valence-electron chi connectivity index (χ4n) is 2.14. The smallest absolute Gasteiger partial charge is 0.119 e. The average Bonchev–Trinajstić information content (AvgIpc) is 2.29. The summed E-state index contributed by atoms with van der Waals surface area (Å²) in [5.41, 5.74) is 0.973. The van der Waals surface area contributed by atoms with E-state index in [4.69, 9.17) is 4.74 Å². The lowest BCUT2D eigenvalue weighted by atomic mass is 9.79. The summed E-state index contributed by atoms with van der Waals surface area (Å²) in [7, 11) is 1.65. The molecule has 1 aromatic carbocycles. The second-order valence-corrected chi connectivity index (χ2v) is 5.22. The minimum Gasteiger partial charge on any atom is -0.508 e. The van der Waals surface area contributed by atoms with Gasteiger partial charge < -0.3 is 9.84 Å². The van der Waals surface area contributed by atoms with Crippen molar-refractivity contribution in [3.8, 4) is 11.5 Å². The first-order chi connectivity index (χ1) is 8.01. The Bertz CT molecular complexity index is 356. The molecule has 0 amide bonds. The van der Waals surface area contributed by atoms with Crippen molar-refractivity contribution in [1.29, 1.82) is 0 Å². The van der Waals surface area contributed by atoms with Crippen LogP contribution in [0, 0.1) is 0 Å². The number of hydrogen-bond acceptors (Lipinski definition) is 2. The van der Waals surface area contributed by atoms with Gasteiger partial charge in [-0.3, -0.25) is 0 Å². The maximum atomic E-state index is 9.97. The molecule has 1 N–H and O–H groups in total. The fraction of sp³-hybridized carbons (Fsp3) is 0.600. The van der Waals surface area contributed by atoms with E-state index < -0.39 is 0 Å². The van der Waals surface area contributed by atoms with E-state index in [1.54, 1.807) is 19.2 Å². The zero-order chi connectivity index (χ0) is 12.9. The van der Waals surface area contributed by atoms with Gasteiger partial charge in [0.25, 0.3) is 0 Å². The largest absolute Gasteiger partial charge is 0.508 e. The van der Waals surface area contributed by atoms with Crippen LogP contribution in [0.2, 0.25) is 0 Å². The van der Waals surface area contributed by atoms with Crippen LogP contribution in [0.1, 0.15) is 52.0 Å². The molecule has 1 rings (SSSR count). The number of rotatable bonds is 6. The minimum atomic E-state index is -0.00616. The molecule has 1 aromatic rings. The summed E-state index contributed by atoms with van der Waals surface area (Å²) in [4.78, 5) is 0. The second kappa shape index (κ2) is 5.95. The third-order valence-corrected chi connectivity index (χ3v) is 3.34. The molecular formula is C15H24O2. The number of phenolic OH excluding ortho intramolecular Hbond substituents is 1. The highest BCUT2D eigenvalue weighted by Crippen LogP contribution is 2.37. The monoisotopic (exact) mass is 236 g/mol. The molecular weight excluding hydrogens is 212 g/mol. The summed E-state index contributed by atoms with van der Waals surface area (Å²) in [5, 5.41) is 9.97. The predicted molar refractivity (Wildman–Crippen MR) is 71.8 cm³/mol. The Kier molecular flexibility index (Phi) is 4.86. The summed E-state index contributed by atoms with van der Waals surface area (Å²) in [6, 6.07) is 5.46. The van der Waals surface area contributed by atoms with Crippen molar-refractivity contribution in [2.24, 2.45) is 0 Å². The molecule has 17 heavy (non-hydrogen) atoms. The first-order valence-electron chi connectivity index (χ1n) is 6.38. The SMILES string of the molecule is CCCCCC(C)(C)c1cc(OC)ccc1O. The quantitative estimate of drug-likeness (QED) is 0.748. The van der Waals surface area contributed by atoms with Crippen molar-refractivity contribution in [2.45, 2.75) is 51.9 Å². The zero-order valence-electron chi connectivity index (χ0n) is 11.4. The molecule has 0 radical (unpaired) electrons. The van der Waals surface area contributed by atoms with Crippen LogP contribution in [-0.2, 0) is 5.41 Å². The van der Waals surface area contributed by atoms with E-state index in [-0.39, 0.29) is 5.41 Å². The molecule has 2 heteroatoms. The van der Waals surface area contributed by atoms with Gasteiger partial charge in [-0.25, -0.2) is 0 Å². The van der Waals surface area contributed by atoms with Crippen LogP contribution in [0.4, 0.5) is 0 Å². The third kappa shape index (κ3) is 3.65. The van der Waals surface area contributed by atoms with E-state index in [1.165, 1.54) is 19.3 Å². The van der Waals surface area contributed by atoms with Crippen LogP contribution in [0.5, 0.6) is 11.5 Å². The third-order valence-electron chi connectivity index (χ3n) is 3.34. The number of phenols is 1. The molecule has 0 spiro atoms. The first-order valence-corrected chi connectivity index (χ1v) is 6.38. The number of ether oxygens (including phenoxy) is 1. The number of benzene rings is 1. The van der Waals surface area contributed by atoms with Crippen LogP contribution in [0.15, 0.2) is 18.2 Å². The van der Waals surface area contributed by atoms with Crippen LogP contribution < -0.4 is 4.74 Å². The molecule has 0 fully saturated rings. The maximum Gasteiger partial charge on any atom is 0.119 e. The van der Waals surface area contributed by atoms with Gasteiger partial charge in [-0.1, -0.05) is 40.0 Å². The summed E-state index contributed by atoms with van der Waals surface area (Å²) < 4.78 is 5.22. The van der Waals surface area contributed by atoms with Crippen LogP contribution in [-0.4, -0.2) is 12.2 Å². The lowest BCUT2D eigenvalue weighted by Crippen LogP contribution is -2.17. The molecule has 0 saturated heterocycles. The molecule has 0 unspecified atom stereocenters. The Morgan fingerprint density at radius 3 is 2.53 bits per heavy atom. The molecule has 0 heterocycles. The van der Waals surface area contributed by atoms with Gasteiger partial charge in [0, 0.05) is 5.56 Å². The van der Waals surface area contributed by atoms with Gasteiger partial charge >= 0.3 is 0 Å². The molecule has 0 aromatic heterocycles. The number of methoxy groups -OCH3 is 1. The van der Waals surface area contributed by atoms with Crippen molar-refractivity contribution in [2.75, 3.05) is 7.11 Å². The topological polar surface area (TPSA) is 29.5 Å². The minimum absolute atomic E-state index is 0.00616. The lowest BCUT2D eigenvalue weighted by molar-refractivity contribution is 0.391. The van der Waals surface area contributed by atoms with Crippen molar-refractivity contribution in [1.82, 2.24) is 0 Å². The van der Waals surface area contributed by atoms with Gasteiger partial charge in [-0.05, 0) is 30.0 Å². The van der Waals surface area contributed by atoms with Gasteiger partial charge in [0.2, 0.25) is 0 Å². The molecule has 0 atom stereocenters. The van der Waals surface area contributed by atoms with E-state index in [1.807, 2.05) is 6.07 Å². The van der Waals surface area contributed by atoms with Crippen molar-refractivity contribution >= 4 is 0 Å². The second-order valence-electron chi connectivity index (χ2n) is 5.22. The van der Waals surface area contributed by atoms with Gasteiger partial charge in [-0.2, -0.15) is 0 Å². The highest BCUT2D eigenvalue weighted by atomic mass is 16.5. The Hall–Kier alpha value is -1.18. The normalized spacial score (nSPS) is 11.5. The number of aromatic hydroxyl groups is 1. The highest BCUT2D eigenvalue weighted by Gasteiger charge is 2.23. The van der Waals surface area contributed by atoms with E-state index in [0.717, 1.165) is 17.7 Å². The van der Waals surface area contributed by atoms with Crippen molar-refractivity contribution in [3.63, 3.8) is 0 Å². The number of hydrogen-bond donors (Lipinski definition) is 1. The van der Waals surface area contributed by atoms with Crippen LogP contribution in [0.3, 0.4) is 0 Å². The Balaban J connectivity index is 2.88. The molecule has 0 saturated carbocycles. The molecule has 2 nitrogen and oxygen atoms in total. The fourth-order valence-corrected chi connectivity index (χ4v) is 2.14. The van der Waals surface area contributed by atoms with E-state index in [2.05, 4.69) is 20.8 Å². The van der Waals surface area contributed by atoms with Gasteiger partial charge in [-0.15, -0.1) is 0 Å². The Labute approximate surface area is 105 Å². The van der Waals surface area contributed by atoms with Gasteiger partial charge in [0.05, 0.1) is 7.11 Å². The zero-order valence-corrected chi connectivity index (χ0v) is 11.4. The van der Waals surface area contributed by atoms with E-state index in [0.29, 0.717) is 5.75 Å². The standard InChI is InChI=1S/C15H24O2/c1-5-6-7-10-15(2,3)13-11-12(17-4)8-9-14(13)16/h8-9,11,16H,5-7,10H2,1-4H3. The maximum absolute atomic E-state index is 9.97. The predicted octanol–water partition coefficient (Wildman–Crippen LogP) is 4.26. The molecule has 0 bridgehead atoms. The summed E-state index contributed by atoms with van der Waals surface area (Å²) >= 11 is 0.